The topological polar surface area (TPSA) is 143 Å². The van der Waals surface area contributed by atoms with Gasteiger partial charge >= 0.3 is 0 Å². The lowest BCUT2D eigenvalue weighted by Crippen LogP contribution is -2.46. The van der Waals surface area contributed by atoms with Gasteiger partial charge in [-0.3, -0.25) is 19.1 Å². The zero-order valence-corrected chi connectivity index (χ0v) is 43.0. The molecule has 2 saturated carbocycles. The van der Waals surface area contributed by atoms with E-state index in [1.165, 1.54) is 73.2 Å². The smallest absolute Gasteiger partial charge is 0.281 e. The Kier molecular flexibility index (Phi) is 16.8. The Morgan fingerprint density at radius 1 is 0.925 bits per heavy atom. The molecule has 4 aromatic rings. The maximum Gasteiger partial charge on any atom is 0.281 e. The van der Waals surface area contributed by atoms with Gasteiger partial charge in [-0.1, -0.05) is 101 Å². The number of likely N-dealkylation sites (N-methyl/N-ethyl adjacent to an activating group) is 1. The average molecular weight is 999 g/mol. The van der Waals surface area contributed by atoms with Gasteiger partial charge in [0.2, 0.25) is 5.91 Å². The molecule has 4 heterocycles. The number of benzene rings is 3. The number of nitrogens with zero attached hydrogens (tertiary/aromatic N) is 5. The number of fused-ring (bicyclic) bond motifs is 7. The van der Waals surface area contributed by atoms with Crippen LogP contribution in [0.3, 0.4) is 0 Å². The minimum Gasteiger partial charge on any atom is -0.401 e. The standard InChI is InChI=1S/C26H28BrN3O.C14H19ClN2O.C14H27N3O/c1-29-14-10-17(11-15-29)18-8-9-19-22(16-18)30-21-7-5-6-20(27)23(21)24(31)28-25(30)26(19)12-3-2-4-13-26;1-10(11-5-7-12(15)8-6-11)16-14(18)13-4-3-9-17(13)2;1-14(2,3)13(10-18)17(16)9-12(15)11-7-5-4-6-8-11/h5-9,16-17H,2-4,10-15H2,1H3;5-8,10,13H,3-4,9H2,1-2H3,(H,16,18);9-11,13H,4-8,15-16H2,1-3H3/b;;12-9-. The first kappa shape index (κ1) is 50.8. The average Bonchev–Trinajstić information content (AvgIpc) is 3.85. The zero-order valence-electron chi connectivity index (χ0n) is 40.7. The van der Waals surface area contributed by atoms with E-state index in [4.69, 9.17) is 28.2 Å². The predicted molar refractivity (Wildman–Crippen MR) is 276 cm³/mol. The summed E-state index contributed by atoms with van der Waals surface area (Å²) in [5, 5.41) is 5.94. The minimum atomic E-state index is -0.348. The van der Waals surface area contributed by atoms with Crippen molar-refractivity contribution in [3.63, 3.8) is 0 Å². The number of hydrogen-bond acceptors (Lipinski definition) is 9. The lowest BCUT2D eigenvalue weighted by Gasteiger charge is -2.34. The third-order valence-corrected chi connectivity index (χ3v) is 16.1. The van der Waals surface area contributed by atoms with Crippen LogP contribution in [0.1, 0.15) is 152 Å². The Morgan fingerprint density at radius 3 is 2.22 bits per heavy atom. The molecule has 3 aliphatic heterocycles. The number of allylic oxidation sites excluding steroid dienone is 1. The number of aromatic nitrogens is 2. The number of piperidine rings is 1. The molecule has 67 heavy (non-hydrogen) atoms. The van der Waals surface area contributed by atoms with Gasteiger partial charge in [0, 0.05) is 21.4 Å². The lowest BCUT2D eigenvalue weighted by molar-refractivity contribution is -0.125. The number of amides is 1. The van der Waals surface area contributed by atoms with Crippen LogP contribution in [0.25, 0.3) is 16.6 Å². The predicted octanol–water partition coefficient (Wildman–Crippen LogP) is 10.3. The van der Waals surface area contributed by atoms with Gasteiger partial charge in [0.15, 0.2) is 0 Å². The van der Waals surface area contributed by atoms with E-state index in [0.717, 1.165) is 91.5 Å². The summed E-state index contributed by atoms with van der Waals surface area (Å²) in [4.78, 5) is 45.7. The molecule has 0 bridgehead atoms. The Hall–Kier alpha value is -4.07. The number of carbonyl (C=O) groups excluding carboxylic acids is 2. The monoisotopic (exact) mass is 996 g/mol. The summed E-state index contributed by atoms with van der Waals surface area (Å²) in [6.07, 6.45) is 19.0. The molecule has 5 N–H and O–H groups in total. The lowest BCUT2D eigenvalue weighted by atomic mass is 9.69. The van der Waals surface area contributed by atoms with Crippen LogP contribution in [0.15, 0.2) is 81.8 Å². The largest absolute Gasteiger partial charge is 0.401 e. The van der Waals surface area contributed by atoms with Crippen LogP contribution in [-0.2, 0) is 15.0 Å². The molecule has 3 aromatic carbocycles. The molecule has 13 heteroatoms. The van der Waals surface area contributed by atoms with Crippen molar-refractivity contribution in [2.75, 3.05) is 33.7 Å². The van der Waals surface area contributed by atoms with Crippen molar-refractivity contribution >= 4 is 50.6 Å². The van der Waals surface area contributed by atoms with Gasteiger partial charge in [0.25, 0.3) is 5.56 Å². The summed E-state index contributed by atoms with van der Waals surface area (Å²) in [7, 11) is 4.22. The van der Waals surface area contributed by atoms with Crippen LogP contribution in [0.2, 0.25) is 5.02 Å². The van der Waals surface area contributed by atoms with Crippen molar-refractivity contribution in [2.24, 2.45) is 22.9 Å². The van der Waals surface area contributed by atoms with Crippen molar-refractivity contribution in [1.29, 1.82) is 0 Å². The molecule has 2 saturated heterocycles. The summed E-state index contributed by atoms with van der Waals surface area (Å²) in [6.45, 7) is 11.3. The molecule has 11 nitrogen and oxygen atoms in total. The molecule has 4 fully saturated rings. The molecule has 1 amide bonds. The molecule has 2 aliphatic carbocycles. The van der Waals surface area contributed by atoms with Crippen molar-refractivity contribution in [1.82, 2.24) is 29.7 Å². The number of aldehydes is 1. The van der Waals surface area contributed by atoms with Gasteiger partial charge in [-0.05, 0) is 172 Å². The van der Waals surface area contributed by atoms with E-state index >= 15 is 0 Å². The Bertz CT molecular complexity index is 2430. The fraction of sp³-hybridized carbons (Fsp3) is 0.556. The molecule has 5 aliphatic rings. The molecule has 3 unspecified atom stereocenters. The van der Waals surface area contributed by atoms with Gasteiger partial charge in [-0.15, -0.1) is 0 Å². The first-order valence-corrected chi connectivity index (χ1v) is 26.0. The Labute approximate surface area is 412 Å². The number of carbonyl (C=O) groups is 2. The van der Waals surface area contributed by atoms with Crippen LogP contribution in [0.4, 0.5) is 0 Å². The third-order valence-electron chi connectivity index (χ3n) is 15.2. The zero-order chi connectivity index (χ0) is 48.0. The number of hydrazine groups is 1. The molecule has 3 atom stereocenters. The second kappa shape index (κ2) is 22.1. The summed E-state index contributed by atoms with van der Waals surface area (Å²) in [6, 6.07) is 20.5. The molecular formula is C54H74BrClN8O3. The highest BCUT2D eigenvalue weighted by atomic mass is 79.9. The van der Waals surface area contributed by atoms with Crippen molar-refractivity contribution in [3.05, 3.63) is 115 Å². The van der Waals surface area contributed by atoms with Crippen molar-refractivity contribution in [3.8, 4) is 5.69 Å². The molecule has 362 valence electrons. The first-order chi connectivity index (χ1) is 32.0. The fourth-order valence-corrected chi connectivity index (χ4v) is 11.8. The molecule has 1 spiro atoms. The van der Waals surface area contributed by atoms with Crippen LogP contribution in [0.5, 0.6) is 0 Å². The van der Waals surface area contributed by atoms with E-state index in [1.54, 1.807) is 6.20 Å². The highest BCUT2D eigenvalue weighted by Crippen LogP contribution is 2.52. The maximum atomic E-state index is 13.1. The second-order valence-corrected chi connectivity index (χ2v) is 22.3. The Morgan fingerprint density at radius 2 is 1.60 bits per heavy atom. The quantitative estimate of drug-likeness (QED) is 0.0893. The van der Waals surface area contributed by atoms with Gasteiger partial charge < -0.3 is 25.8 Å². The van der Waals surface area contributed by atoms with Crippen molar-refractivity contribution in [2.45, 2.75) is 147 Å². The molecule has 0 radical (unpaired) electrons. The van der Waals surface area contributed by atoms with E-state index in [2.05, 4.69) is 66.9 Å². The van der Waals surface area contributed by atoms with E-state index in [0.29, 0.717) is 22.2 Å². The second-order valence-electron chi connectivity index (χ2n) is 21.0. The van der Waals surface area contributed by atoms with E-state index in [-0.39, 0.29) is 40.4 Å². The number of hydrogen-bond donors (Lipinski definition) is 3. The highest BCUT2D eigenvalue weighted by Gasteiger charge is 2.46. The van der Waals surface area contributed by atoms with Crippen LogP contribution >= 0.6 is 27.5 Å². The Balaban J connectivity index is 0.000000160. The number of halogens is 2. The summed E-state index contributed by atoms with van der Waals surface area (Å²) in [5.74, 6) is 8.10. The van der Waals surface area contributed by atoms with Gasteiger partial charge in [-0.2, -0.15) is 4.98 Å². The maximum absolute atomic E-state index is 13.1. The summed E-state index contributed by atoms with van der Waals surface area (Å²) in [5.41, 5.74) is 12.6. The number of nitrogens with one attached hydrogen (secondary N) is 1. The van der Waals surface area contributed by atoms with E-state index in [1.807, 2.05) is 71.1 Å². The molecule has 1 aromatic heterocycles. The molecule has 9 rings (SSSR count). The number of likely N-dealkylation sites (tertiary alicyclic amines) is 2. The minimum absolute atomic E-state index is 0.0174. The summed E-state index contributed by atoms with van der Waals surface area (Å²) < 4.78 is 3.15. The van der Waals surface area contributed by atoms with Gasteiger partial charge in [-0.25, -0.2) is 5.84 Å². The van der Waals surface area contributed by atoms with Crippen LogP contribution in [-0.4, -0.2) is 82.4 Å². The first-order valence-electron chi connectivity index (χ1n) is 24.8. The fourth-order valence-electron chi connectivity index (χ4n) is 11.2. The van der Waals surface area contributed by atoms with Crippen LogP contribution < -0.4 is 22.5 Å². The van der Waals surface area contributed by atoms with Gasteiger partial charge in [0.1, 0.15) is 18.2 Å². The van der Waals surface area contributed by atoms with Crippen molar-refractivity contribution < 1.29 is 9.59 Å². The number of rotatable bonds is 8. The molecular weight excluding hydrogens is 924 g/mol. The third kappa shape index (κ3) is 11.5. The van der Waals surface area contributed by atoms with Gasteiger partial charge in [0.05, 0.1) is 34.1 Å². The summed E-state index contributed by atoms with van der Waals surface area (Å²) >= 11 is 9.46. The van der Waals surface area contributed by atoms with E-state index in [9.17, 15) is 14.4 Å². The van der Waals surface area contributed by atoms with E-state index < -0.39 is 0 Å². The SMILES string of the molecule is CC(C)(C)C(C=O)N(N)/C=C(\N)C1CCCCC1.CC(NC(=O)C1CCCN1C)c1ccc(Cl)cc1.CN1CCC(c2ccc3c(c2)-n2c(nc(=O)c4c(Br)cccc42)C32CCCCC2)CC1. The highest BCUT2D eigenvalue weighted by molar-refractivity contribution is 9.10. The number of nitrogens with two attached hydrogens (primary N) is 2. The van der Waals surface area contributed by atoms with Crippen LogP contribution in [0, 0.1) is 11.3 Å². The normalized spacial score (nSPS) is 21.0.